The van der Waals surface area contributed by atoms with E-state index in [2.05, 4.69) is 29.2 Å². The molecule has 0 fully saturated rings. The minimum absolute atomic E-state index is 0.0312. The van der Waals surface area contributed by atoms with Crippen LogP contribution in [0.3, 0.4) is 0 Å². The van der Waals surface area contributed by atoms with Crippen LogP contribution in [0.2, 0.25) is 0 Å². The Morgan fingerprint density at radius 1 is 1.23 bits per heavy atom. The van der Waals surface area contributed by atoms with E-state index in [1.807, 2.05) is 35.0 Å². The van der Waals surface area contributed by atoms with Crippen molar-refractivity contribution in [3.05, 3.63) is 83.9 Å². The SMILES string of the molecule is O=CC1CCCc2cc(OC(Cn3ccnc3)c3ccccc3)ccc21. The van der Waals surface area contributed by atoms with E-state index in [1.165, 1.54) is 5.56 Å². The Morgan fingerprint density at radius 3 is 2.88 bits per heavy atom. The van der Waals surface area contributed by atoms with Gasteiger partial charge < -0.3 is 14.1 Å². The number of aromatic nitrogens is 2. The third-order valence-corrected chi connectivity index (χ3v) is 5.02. The first-order valence-electron chi connectivity index (χ1n) is 9.09. The van der Waals surface area contributed by atoms with Crippen molar-refractivity contribution in [2.75, 3.05) is 0 Å². The molecule has 2 aromatic carbocycles. The van der Waals surface area contributed by atoms with Gasteiger partial charge in [0, 0.05) is 18.3 Å². The number of benzene rings is 2. The number of ether oxygens (including phenoxy) is 1. The van der Waals surface area contributed by atoms with Crippen molar-refractivity contribution in [3.63, 3.8) is 0 Å². The van der Waals surface area contributed by atoms with E-state index in [4.69, 9.17) is 4.74 Å². The highest BCUT2D eigenvalue weighted by molar-refractivity contribution is 5.64. The lowest BCUT2D eigenvalue weighted by molar-refractivity contribution is -0.109. The van der Waals surface area contributed by atoms with Crippen molar-refractivity contribution >= 4 is 6.29 Å². The summed E-state index contributed by atoms with van der Waals surface area (Å²) in [5, 5.41) is 0. The normalized spacial score (nSPS) is 17.3. The van der Waals surface area contributed by atoms with Gasteiger partial charge in [-0.05, 0) is 48.1 Å². The van der Waals surface area contributed by atoms with Gasteiger partial charge in [-0.2, -0.15) is 0 Å². The lowest BCUT2D eigenvalue weighted by Gasteiger charge is -2.24. The molecule has 2 atom stereocenters. The molecule has 0 radical (unpaired) electrons. The molecule has 0 aliphatic heterocycles. The summed E-state index contributed by atoms with van der Waals surface area (Å²) in [5.74, 6) is 0.882. The molecular formula is C22H22N2O2. The molecule has 1 aliphatic carbocycles. The van der Waals surface area contributed by atoms with Crippen LogP contribution in [0, 0.1) is 0 Å². The molecule has 26 heavy (non-hydrogen) atoms. The summed E-state index contributed by atoms with van der Waals surface area (Å²) in [7, 11) is 0. The van der Waals surface area contributed by atoms with Crippen molar-refractivity contribution in [3.8, 4) is 5.75 Å². The van der Waals surface area contributed by atoms with Crippen LogP contribution in [-0.4, -0.2) is 15.8 Å². The van der Waals surface area contributed by atoms with Crippen molar-refractivity contribution in [2.24, 2.45) is 0 Å². The monoisotopic (exact) mass is 346 g/mol. The van der Waals surface area contributed by atoms with Gasteiger partial charge in [0.1, 0.15) is 18.1 Å². The number of hydrogen-bond donors (Lipinski definition) is 0. The second-order valence-corrected chi connectivity index (χ2v) is 6.77. The molecule has 1 aliphatic rings. The topological polar surface area (TPSA) is 44.1 Å². The predicted molar refractivity (Wildman–Crippen MR) is 100 cm³/mol. The highest BCUT2D eigenvalue weighted by Gasteiger charge is 2.21. The molecule has 132 valence electrons. The van der Waals surface area contributed by atoms with Gasteiger partial charge in [-0.1, -0.05) is 36.4 Å². The van der Waals surface area contributed by atoms with Crippen molar-refractivity contribution in [2.45, 2.75) is 37.8 Å². The van der Waals surface area contributed by atoms with E-state index in [-0.39, 0.29) is 12.0 Å². The molecule has 1 aromatic heterocycles. The third kappa shape index (κ3) is 3.54. The fraction of sp³-hybridized carbons (Fsp3) is 0.273. The summed E-state index contributed by atoms with van der Waals surface area (Å²) >= 11 is 0. The largest absolute Gasteiger partial charge is 0.484 e. The molecule has 0 amide bonds. The summed E-state index contributed by atoms with van der Waals surface area (Å²) in [6.45, 7) is 0.693. The minimum atomic E-state index is -0.103. The van der Waals surface area contributed by atoms with Gasteiger partial charge in [0.2, 0.25) is 0 Å². The van der Waals surface area contributed by atoms with E-state index in [0.29, 0.717) is 6.54 Å². The zero-order valence-electron chi connectivity index (χ0n) is 14.6. The van der Waals surface area contributed by atoms with Crippen LogP contribution in [0.4, 0.5) is 0 Å². The summed E-state index contributed by atoms with van der Waals surface area (Å²) in [4.78, 5) is 15.4. The van der Waals surface area contributed by atoms with Gasteiger partial charge in [0.15, 0.2) is 0 Å². The molecular weight excluding hydrogens is 324 g/mol. The maximum atomic E-state index is 11.3. The smallest absolute Gasteiger partial charge is 0.142 e. The number of imidazole rings is 1. The highest BCUT2D eigenvalue weighted by Crippen LogP contribution is 2.34. The number of hydrogen-bond acceptors (Lipinski definition) is 3. The summed E-state index contributed by atoms with van der Waals surface area (Å²) in [5.41, 5.74) is 3.52. The Hall–Kier alpha value is -2.88. The average Bonchev–Trinajstić information content (AvgIpc) is 3.20. The van der Waals surface area contributed by atoms with E-state index < -0.39 is 0 Å². The Morgan fingerprint density at radius 2 is 2.12 bits per heavy atom. The highest BCUT2D eigenvalue weighted by atomic mass is 16.5. The Bertz CT molecular complexity index is 859. The number of fused-ring (bicyclic) bond motifs is 1. The van der Waals surface area contributed by atoms with Crippen LogP contribution in [0.25, 0.3) is 0 Å². The van der Waals surface area contributed by atoms with E-state index >= 15 is 0 Å². The van der Waals surface area contributed by atoms with Gasteiger partial charge in [-0.25, -0.2) is 4.98 Å². The molecule has 0 saturated heterocycles. The number of nitrogens with zero attached hydrogens (tertiary/aromatic N) is 2. The fourth-order valence-electron chi connectivity index (χ4n) is 3.67. The third-order valence-electron chi connectivity index (χ3n) is 5.02. The van der Waals surface area contributed by atoms with Gasteiger partial charge in [-0.3, -0.25) is 0 Å². The molecule has 0 bridgehead atoms. The Labute approximate surface area is 153 Å². The lowest BCUT2D eigenvalue weighted by Crippen LogP contribution is -2.15. The molecule has 2 unspecified atom stereocenters. The van der Waals surface area contributed by atoms with Gasteiger partial charge in [-0.15, -0.1) is 0 Å². The second-order valence-electron chi connectivity index (χ2n) is 6.77. The van der Waals surface area contributed by atoms with E-state index in [1.54, 1.807) is 12.5 Å². The summed E-state index contributed by atoms with van der Waals surface area (Å²) in [6.07, 6.45) is 9.51. The molecule has 3 aromatic rings. The first-order valence-corrected chi connectivity index (χ1v) is 9.09. The van der Waals surface area contributed by atoms with Crippen LogP contribution in [0.15, 0.2) is 67.3 Å². The standard InChI is InChI=1S/C22H22N2O2/c25-15-19-8-4-7-18-13-20(9-10-21(18)19)26-22(14-24-12-11-23-16-24)17-5-2-1-3-6-17/h1-3,5-6,9-13,15-16,19,22H,4,7-8,14H2. The van der Waals surface area contributed by atoms with Crippen LogP contribution >= 0.6 is 0 Å². The summed E-state index contributed by atoms with van der Waals surface area (Å²) < 4.78 is 8.40. The molecule has 4 rings (SSSR count). The number of rotatable bonds is 6. The first kappa shape index (κ1) is 16.6. The van der Waals surface area contributed by atoms with Crippen molar-refractivity contribution < 1.29 is 9.53 Å². The lowest BCUT2D eigenvalue weighted by atomic mass is 9.83. The van der Waals surface area contributed by atoms with Gasteiger partial charge in [0.05, 0.1) is 12.9 Å². The second kappa shape index (κ2) is 7.56. The molecule has 1 heterocycles. The maximum Gasteiger partial charge on any atom is 0.142 e. The molecule has 0 saturated carbocycles. The number of carbonyl (C=O) groups is 1. The average molecular weight is 346 g/mol. The van der Waals surface area contributed by atoms with Crippen molar-refractivity contribution in [1.82, 2.24) is 9.55 Å². The number of aldehydes is 1. The minimum Gasteiger partial charge on any atom is -0.484 e. The van der Waals surface area contributed by atoms with E-state index in [9.17, 15) is 4.79 Å². The molecule has 4 nitrogen and oxygen atoms in total. The predicted octanol–water partition coefficient (Wildman–Crippen LogP) is 4.32. The van der Waals surface area contributed by atoms with E-state index in [0.717, 1.165) is 42.4 Å². The molecule has 0 N–H and O–H groups in total. The Balaban J connectivity index is 1.60. The molecule has 4 heteroatoms. The number of aryl methyl sites for hydroxylation is 1. The fourth-order valence-corrected chi connectivity index (χ4v) is 3.67. The zero-order chi connectivity index (χ0) is 17.8. The molecule has 0 spiro atoms. The number of carbonyl (C=O) groups excluding carboxylic acids is 1. The first-order chi connectivity index (χ1) is 12.8. The van der Waals surface area contributed by atoms with Crippen LogP contribution in [0.5, 0.6) is 5.75 Å². The maximum absolute atomic E-state index is 11.3. The van der Waals surface area contributed by atoms with Crippen LogP contribution in [-0.2, 0) is 17.8 Å². The van der Waals surface area contributed by atoms with Crippen molar-refractivity contribution in [1.29, 1.82) is 0 Å². The van der Waals surface area contributed by atoms with Crippen LogP contribution in [0.1, 0.15) is 41.6 Å². The van der Waals surface area contributed by atoms with Gasteiger partial charge >= 0.3 is 0 Å². The van der Waals surface area contributed by atoms with Gasteiger partial charge in [0.25, 0.3) is 0 Å². The van der Waals surface area contributed by atoms with Crippen LogP contribution < -0.4 is 4.74 Å². The quantitative estimate of drug-likeness (QED) is 0.624. The summed E-state index contributed by atoms with van der Waals surface area (Å²) in [6, 6.07) is 16.4. The zero-order valence-corrected chi connectivity index (χ0v) is 14.6. The Kier molecular flexibility index (Phi) is 4.82.